The highest BCUT2D eigenvalue weighted by molar-refractivity contribution is 6.07. The largest absolute Gasteiger partial charge is 0.417 e. The number of hydrogen-bond donors (Lipinski definition) is 2. The molecular formula is C20H23F3N4O4. The Labute approximate surface area is 175 Å². The Bertz CT molecular complexity index is 1060. The van der Waals surface area contributed by atoms with Gasteiger partial charge < -0.3 is 10.5 Å². The number of nitrogen functional groups attached to an aromatic ring is 1. The summed E-state index contributed by atoms with van der Waals surface area (Å²) in [4.78, 5) is 40.3. The number of rotatable bonds is 8. The van der Waals surface area contributed by atoms with Gasteiger partial charge in [-0.05, 0) is 12.0 Å². The third-order valence-electron chi connectivity index (χ3n) is 4.37. The zero-order valence-corrected chi connectivity index (χ0v) is 17.0. The molecule has 0 aliphatic heterocycles. The van der Waals surface area contributed by atoms with Gasteiger partial charge in [0.2, 0.25) is 0 Å². The molecule has 1 amide bonds. The maximum Gasteiger partial charge on any atom is 0.417 e. The second-order valence-electron chi connectivity index (χ2n) is 6.55. The van der Waals surface area contributed by atoms with E-state index in [4.69, 9.17) is 10.5 Å². The first-order valence-corrected chi connectivity index (χ1v) is 9.39. The first kappa shape index (κ1) is 23.9. The van der Waals surface area contributed by atoms with Gasteiger partial charge in [-0.3, -0.25) is 24.0 Å². The van der Waals surface area contributed by atoms with Crippen molar-refractivity contribution in [2.75, 3.05) is 30.9 Å². The average Bonchev–Trinajstić information content (AvgIpc) is 2.71. The highest BCUT2D eigenvalue weighted by Gasteiger charge is 2.36. The summed E-state index contributed by atoms with van der Waals surface area (Å²) in [5.74, 6) is -1.45. The summed E-state index contributed by atoms with van der Waals surface area (Å²) in [7, 11) is 1.33. The number of carbonyl (C=O) groups excluding carboxylic acids is 1. The van der Waals surface area contributed by atoms with E-state index in [1.165, 1.54) is 31.4 Å². The summed E-state index contributed by atoms with van der Waals surface area (Å²) in [6.07, 6.45) is -3.93. The number of carbonyl (C=O) groups is 1. The summed E-state index contributed by atoms with van der Waals surface area (Å²) >= 11 is 0. The number of aromatic amines is 1. The van der Waals surface area contributed by atoms with Crippen LogP contribution in [0.15, 0.2) is 46.0 Å². The number of anilines is 2. The first-order chi connectivity index (χ1) is 14.6. The normalized spacial score (nSPS) is 12.1. The Morgan fingerprint density at radius 3 is 2.45 bits per heavy atom. The average molecular weight is 440 g/mol. The van der Waals surface area contributed by atoms with Gasteiger partial charge in [-0.1, -0.05) is 37.3 Å². The highest BCUT2D eigenvalue weighted by atomic mass is 19.4. The van der Waals surface area contributed by atoms with Crippen LogP contribution in [0.25, 0.3) is 5.57 Å². The van der Waals surface area contributed by atoms with Crippen LogP contribution in [0.1, 0.15) is 18.9 Å². The lowest BCUT2D eigenvalue weighted by molar-refractivity contribution is -0.114. The fraction of sp³-hybridized carbons (Fsp3) is 0.350. The Kier molecular flexibility index (Phi) is 7.81. The molecule has 2 rings (SSSR count). The number of H-pyrrole nitrogens is 1. The summed E-state index contributed by atoms with van der Waals surface area (Å²) in [5, 5.41) is 0. The number of amides is 1. The van der Waals surface area contributed by atoms with Crippen LogP contribution < -0.4 is 21.9 Å². The SMILES string of the molecule is CCCn1c(N)c(N(CCOC)C(=O)/C=C(/c2ccccc2)C(F)(F)F)c(=O)[nH]c1=O. The minimum Gasteiger partial charge on any atom is -0.383 e. The zero-order valence-electron chi connectivity index (χ0n) is 17.0. The van der Waals surface area contributed by atoms with E-state index in [0.29, 0.717) is 12.5 Å². The lowest BCUT2D eigenvalue weighted by Crippen LogP contribution is -2.42. The van der Waals surface area contributed by atoms with Crippen LogP contribution in [0.4, 0.5) is 24.7 Å². The molecule has 0 spiro atoms. The number of allylic oxidation sites excluding steroid dienone is 1. The van der Waals surface area contributed by atoms with Crippen molar-refractivity contribution in [3.05, 3.63) is 62.8 Å². The number of benzene rings is 1. The molecular weight excluding hydrogens is 417 g/mol. The monoisotopic (exact) mass is 440 g/mol. The number of aromatic nitrogens is 2. The second-order valence-corrected chi connectivity index (χ2v) is 6.55. The molecule has 0 saturated carbocycles. The van der Waals surface area contributed by atoms with Crippen LogP contribution in [0.2, 0.25) is 0 Å². The predicted octanol–water partition coefficient (Wildman–Crippen LogP) is 2.15. The van der Waals surface area contributed by atoms with E-state index < -0.39 is 34.6 Å². The molecule has 0 aliphatic carbocycles. The molecule has 3 N–H and O–H groups in total. The van der Waals surface area contributed by atoms with Crippen molar-refractivity contribution >= 4 is 23.0 Å². The molecule has 0 bridgehead atoms. The van der Waals surface area contributed by atoms with E-state index in [0.717, 1.165) is 9.47 Å². The molecule has 1 aromatic heterocycles. The van der Waals surface area contributed by atoms with Crippen LogP contribution >= 0.6 is 0 Å². The van der Waals surface area contributed by atoms with E-state index in [-0.39, 0.29) is 31.1 Å². The van der Waals surface area contributed by atoms with Gasteiger partial charge in [0.1, 0.15) is 5.82 Å². The predicted molar refractivity (Wildman–Crippen MR) is 111 cm³/mol. The lowest BCUT2D eigenvalue weighted by atomic mass is 10.0. The molecule has 1 heterocycles. The van der Waals surface area contributed by atoms with Crippen molar-refractivity contribution in [3.8, 4) is 0 Å². The molecule has 0 atom stereocenters. The fourth-order valence-corrected chi connectivity index (χ4v) is 2.95. The number of halogens is 3. The highest BCUT2D eigenvalue weighted by Crippen LogP contribution is 2.34. The van der Waals surface area contributed by atoms with Crippen molar-refractivity contribution in [2.45, 2.75) is 26.1 Å². The Hall–Kier alpha value is -3.34. The van der Waals surface area contributed by atoms with Gasteiger partial charge in [0, 0.05) is 26.3 Å². The van der Waals surface area contributed by atoms with E-state index in [1.807, 2.05) is 0 Å². The number of alkyl halides is 3. The second kappa shape index (κ2) is 10.1. The Balaban J connectivity index is 2.65. The summed E-state index contributed by atoms with van der Waals surface area (Å²) in [5.41, 5.74) is 2.40. The van der Waals surface area contributed by atoms with Crippen molar-refractivity contribution in [3.63, 3.8) is 0 Å². The van der Waals surface area contributed by atoms with Crippen LogP contribution in [0.5, 0.6) is 0 Å². The van der Waals surface area contributed by atoms with Gasteiger partial charge in [0.25, 0.3) is 11.5 Å². The quantitative estimate of drug-likeness (QED) is 0.612. The fourth-order valence-electron chi connectivity index (χ4n) is 2.95. The molecule has 1 aromatic carbocycles. The molecule has 0 saturated heterocycles. The smallest absolute Gasteiger partial charge is 0.383 e. The van der Waals surface area contributed by atoms with Gasteiger partial charge >= 0.3 is 11.9 Å². The third-order valence-corrected chi connectivity index (χ3v) is 4.37. The molecule has 0 radical (unpaired) electrons. The maximum absolute atomic E-state index is 13.7. The van der Waals surface area contributed by atoms with Crippen molar-refractivity contribution < 1.29 is 22.7 Å². The van der Waals surface area contributed by atoms with E-state index >= 15 is 0 Å². The Morgan fingerprint density at radius 1 is 1.26 bits per heavy atom. The van der Waals surface area contributed by atoms with E-state index in [1.54, 1.807) is 13.0 Å². The summed E-state index contributed by atoms with van der Waals surface area (Å²) in [6, 6.07) is 6.79. The first-order valence-electron chi connectivity index (χ1n) is 9.39. The molecule has 2 aromatic rings. The van der Waals surface area contributed by atoms with Crippen LogP contribution in [0.3, 0.4) is 0 Å². The van der Waals surface area contributed by atoms with Crippen LogP contribution in [-0.2, 0) is 16.1 Å². The lowest BCUT2D eigenvalue weighted by Gasteiger charge is -2.24. The van der Waals surface area contributed by atoms with Crippen molar-refractivity contribution in [1.82, 2.24) is 9.55 Å². The number of hydrogen-bond acceptors (Lipinski definition) is 5. The van der Waals surface area contributed by atoms with Gasteiger partial charge in [-0.2, -0.15) is 13.2 Å². The number of methoxy groups -OCH3 is 1. The topological polar surface area (TPSA) is 110 Å². The number of nitrogens with zero attached hydrogens (tertiary/aromatic N) is 2. The molecule has 0 fully saturated rings. The van der Waals surface area contributed by atoms with Crippen LogP contribution in [-0.4, -0.2) is 41.9 Å². The molecule has 0 unspecified atom stereocenters. The summed E-state index contributed by atoms with van der Waals surface area (Å²) in [6.45, 7) is 1.57. The minimum atomic E-state index is -4.83. The number of nitrogens with one attached hydrogen (secondary N) is 1. The number of nitrogens with two attached hydrogens (primary N) is 1. The van der Waals surface area contributed by atoms with Gasteiger partial charge in [-0.15, -0.1) is 0 Å². The molecule has 8 nitrogen and oxygen atoms in total. The molecule has 31 heavy (non-hydrogen) atoms. The van der Waals surface area contributed by atoms with Gasteiger partial charge in [0.15, 0.2) is 5.69 Å². The van der Waals surface area contributed by atoms with Crippen molar-refractivity contribution in [1.29, 1.82) is 0 Å². The molecule has 11 heteroatoms. The van der Waals surface area contributed by atoms with Crippen LogP contribution in [0, 0.1) is 0 Å². The molecule has 168 valence electrons. The van der Waals surface area contributed by atoms with Gasteiger partial charge in [0.05, 0.1) is 12.2 Å². The molecule has 0 aliphatic rings. The standard InChI is InChI=1S/C20H23F3N4O4/c1-3-9-27-17(24)16(18(29)25-19(27)30)26(10-11-31-2)15(28)12-14(20(21,22)23)13-7-5-4-6-8-13/h4-8,12H,3,9-11,24H2,1-2H3,(H,25,29,30)/b14-12-. The third kappa shape index (κ3) is 5.63. The van der Waals surface area contributed by atoms with Gasteiger partial charge in [-0.25, -0.2) is 4.79 Å². The zero-order chi connectivity index (χ0) is 23.2. The maximum atomic E-state index is 13.7. The minimum absolute atomic E-state index is 0.0853. The Morgan fingerprint density at radius 2 is 1.90 bits per heavy atom. The van der Waals surface area contributed by atoms with E-state index in [2.05, 4.69) is 4.98 Å². The van der Waals surface area contributed by atoms with Crippen molar-refractivity contribution in [2.24, 2.45) is 0 Å². The number of ether oxygens (including phenoxy) is 1. The van der Waals surface area contributed by atoms with E-state index in [9.17, 15) is 27.6 Å². The summed E-state index contributed by atoms with van der Waals surface area (Å²) < 4.78 is 46.9.